The summed E-state index contributed by atoms with van der Waals surface area (Å²) in [7, 11) is 3.74. The van der Waals surface area contributed by atoms with Crippen molar-refractivity contribution in [3.05, 3.63) is 11.6 Å². The van der Waals surface area contributed by atoms with E-state index in [2.05, 4.69) is 20.5 Å². The van der Waals surface area contributed by atoms with Crippen LogP contribution in [0.3, 0.4) is 0 Å². The first-order chi connectivity index (χ1) is 8.87. The summed E-state index contributed by atoms with van der Waals surface area (Å²) in [5.41, 5.74) is -0.977. The third-order valence-electron chi connectivity index (χ3n) is 2.96. The number of nitrogens with one attached hydrogen (secondary N) is 2. The molecule has 2 rings (SSSR count). The van der Waals surface area contributed by atoms with Crippen LogP contribution < -0.4 is 5.32 Å². The lowest BCUT2D eigenvalue weighted by Crippen LogP contribution is -2.47. The standard InChI is InChI=1S/C12H21N5O2/c1-12(19,7-17(2)3)6-13-11(18)10-14-9(15-16-10)8-4-5-8/h8,19H,4-7H2,1-3H3,(H,13,18)(H,14,15,16). The Morgan fingerprint density at radius 2 is 2.26 bits per heavy atom. The van der Waals surface area contributed by atoms with Gasteiger partial charge in [0.05, 0.1) is 5.60 Å². The van der Waals surface area contributed by atoms with Crippen LogP contribution in [0.2, 0.25) is 0 Å². The molecular weight excluding hydrogens is 246 g/mol. The van der Waals surface area contributed by atoms with Crippen LogP contribution in [0, 0.1) is 0 Å². The maximum absolute atomic E-state index is 11.9. The van der Waals surface area contributed by atoms with E-state index in [1.807, 2.05) is 19.0 Å². The van der Waals surface area contributed by atoms with Crippen molar-refractivity contribution in [2.75, 3.05) is 27.2 Å². The van der Waals surface area contributed by atoms with Gasteiger partial charge in [-0.1, -0.05) is 0 Å². The molecule has 1 atom stereocenters. The summed E-state index contributed by atoms with van der Waals surface area (Å²) >= 11 is 0. The number of carbonyl (C=O) groups is 1. The Hall–Kier alpha value is -1.47. The fourth-order valence-electron chi connectivity index (χ4n) is 2.00. The Labute approximate surface area is 112 Å². The summed E-state index contributed by atoms with van der Waals surface area (Å²) in [6, 6.07) is 0. The molecule has 0 aromatic carbocycles. The normalized spacial score (nSPS) is 18.4. The summed E-state index contributed by atoms with van der Waals surface area (Å²) in [4.78, 5) is 17.9. The van der Waals surface area contributed by atoms with E-state index in [1.54, 1.807) is 6.92 Å². The highest BCUT2D eigenvalue weighted by atomic mass is 16.3. The first-order valence-electron chi connectivity index (χ1n) is 6.45. The zero-order valence-corrected chi connectivity index (χ0v) is 11.6. The molecule has 3 N–H and O–H groups in total. The smallest absolute Gasteiger partial charge is 0.291 e. The lowest BCUT2D eigenvalue weighted by atomic mass is 10.1. The van der Waals surface area contributed by atoms with Gasteiger partial charge in [0.1, 0.15) is 5.82 Å². The van der Waals surface area contributed by atoms with E-state index >= 15 is 0 Å². The molecule has 1 fully saturated rings. The van der Waals surface area contributed by atoms with E-state index in [-0.39, 0.29) is 18.3 Å². The second kappa shape index (κ2) is 5.26. The van der Waals surface area contributed by atoms with Gasteiger partial charge in [-0.3, -0.25) is 9.89 Å². The van der Waals surface area contributed by atoms with Crippen molar-refractivity contribution >= 4 is 5.91 Å². The molecule has 1 amide bonds. The maximum atomic E-state index is 11.9. The molecule has 19 heavy (non-hydrogen) atoms. The van der Waals surface area contributed by atoms with Crippen molar-refractivity contribution < 1.29 is 9.90 Å². The minimum Gasteiger partial charge on any atom is -0.387 e. The second-order valence-corrected chi connectivity index (χ2v) is 5.74. The number of H-pyrrole nitrogens is 1. The summed E-state index contributed by atoms with van der Waals surface area (Å²) in [5, 5.41) is 19.4. The Morgan fingerprint density at radius 1 is 1.58 bits per heavy atom. The number of aromatic amines is 1. The number of aromatic nitrogens is 3. The molecule has 1 aliphatic rings. The highest BCUT2D eigenvalue weighted by molar-refractivity contribution is 5.90. The number of hydrogen-bond acceptors (Lipinski definition) is 5. The summed E-state index contributed by atoms with van der Waals surface area (Å²) < 4.78 is 0. The van der Waals surface area contributed by atoms with Crippen LogP contribution in [0.15, 0.2) is 0 Å². The molecule has 0 aliphatic heterocycles. The van der Waals surface area contributed by atoms with E-state index in [1.165, 1.54) is 0 Å². The van der Waals surface area contributed by atoms with Crippen molar-refractivity contribution in [2.24, 2.45) is 0 Å². The number of carbonyl (C=O) groups excluding carboxylic acids is 1. The van der Waals surface area contributed by atoms with E-state index in [9.17, 15) is 9.90 Å². The van der Waals surface area contributed by atoms with Crippen molar-refractivity contribution in [2.45, 2.75) is 31.3 Å². The topological polar surface area (TPSA) is 94.1 Å². The number of amides is 1. The molecule has 1 saturated carbocycles. The van der Waals surface area contributed by atoms with E-state index < -0.39 is 5.60 Å². The van der Waals surface area contributed by atoms with E-state index in [0.29, 0.717) is 12.5 Å². The number of likely N-dealkylation sites (N-methyl/N-ethyl adjacent to an activating group) is 1. The fraction of sp³-hybridized carbons (Fsp3) is 0.750. The van der Waals surface area contributed by atoms with Crippen LogP contribution in [0.25, 0.3) is 0 Å². The fourth-order valence-corrected chi connectivity index (χ4v) is 2.00. The molecule has 0 radical (unpaired) electrons. The van der Waals surface area contributed by atoms with Crippen molar-refractivity contribution in [3.63, 3.8) is 0 Å². The Morgan fingerprint density at radius 3 is 2.84 bits per heavy atom. The zero-order chi connectivity index (χ0) is 14.0. The van der Waals surface area contributed by atoms with Gasteiger partial charge < -0.3 is 15.3 Å². The van der Waals surface area contributed by atoms with E-state index in [4.69, 9.17) is 0 Å². The number of nitrogens with zero attached hydrogens (tertiary/aromatic N) is 3. The monoisotopic (exact) mass is 267 g/mol. The molecule has 1 unspecified atom stereocenters. The van der Waals surface area contributed by atoms with Gasteiger partial charge in [0.2, 0.25) is 5.82 Å². The molecule has 106 valence electrons. The van der Waals surface area contributed by atoms with Gasteiger partial charge in [-0.15, -0.1) is 5.10 Å². The van der Waals surface area contributed by atoms with Crippen molar-refractivity contribution in [3.8, 4) is 0 Å². The SMILES string of the molecule is CN(C)CC(C)(O)CNC(=O)c1n[nH]c(C2CC2)n1. The highest BCUT2D eigenvalue weighted by Crippen LogP contribution is 2.37. The number of rotatable bonds is 6. The van der Waals surface area contributed by atoms with Crippen LogP contribution in [0.4, 0.5) is 0 Å². The average Bonchev–Trinajstić information content (AvgIpc) is 3.03. The molecule has 1 aromatic rings. The first-order valence-corrected chi connectivity index (χ1v) is 6.45. The Balaban J connectivity index is 1.86. The second-order valence-electron chi connectivity index (χ2n) is 5.74. The van der Waals surface area contributed by atoms with Crippen LogP contribution in [-0.2, 0) is 0 Å². The lowest BCUT2D eigenvalue weighted by Gasteiger charge is -2.26. The third kappa shape index (κ3) is 4.00. The van der Waals surface area contributed by atoms with E-state index in [0.717, 1.165) is 18.7 Å². The zero-order valence-electron chi connectivity index (χ0n) is 11.6. The van der Waals surface area contributed by atoms with Gasteiger partial charge in [0, 0.05) is 19.0 Å². The molecular formula is C12H21N5O2. The highest BCUT2D eigenvalue weighted by Gasteiger charge is 2.28. The van der Waals surface area contributed by atoms with Gasteiger partial charge in [0.15, 0.2) is 0 Å². The molecule has 1 aromatic heterocycles. The predicted molar refractivity (Wildman–Crippen MR) is 69.9 cm³/mol. The molecule has 1 aliphatic carbocycles. The Kier molecular flexibility index (Phi) is 3.86. The molecule has 0 spiro atoms. The molecule has 7 nitrogen and oxygen atoms in total. The lowest BCUT2D eigenvalue weighted by molar-refractivity contribution is 0.0324. The summed E-state index contributed by atoms with van der Waals surface area (Å²) in [6.07, 6.45) is 2.21. The number of aliphatic hydroxyl groups is 1. The maximum Gasteiger partial charge on any atom is 0.291 e. The third-order valence-corrected chi connectivity index (χ3v) is 2.96. The predicted octanol–water partition coefficient (Wildman–Crippen LogP) is -0.275. The van der Waals surface area contributed by atoms with Gasteiger partial charge in [-0.25, -0.2) is 4.98 Å². The van der Waals surface area contributed by atoms with Gasteiger partial charge in [-0.05, 0) is 33.9 Å². The quantitative estimate of drug-likeness (QED) is 0.659. The van der Waals surface area contributed by atoms with Gasteiger partial charge in [0.25, 0.3) is 5.91 Å². The van der Waals surface area contributed by atoms with Crippen LogP contribution in [0.1, 0.15) is 42.1 Å². The van der Waals surface area contributed by atoms with Crippen LogP contribution in [-0.4, -0.2) is 63.9 Å². The van der Waals surface area contributed by atoms with Crippen LogP contribution >= 0.6 is 0 Å². The average molecular weight is 267 g/mol. The molecule has 7 heteroatoms. The van der Waals surface area contributed by atoms with Crippen molar-refractivity contribution in [1.29, 1.82) is 0 Å². The Bertz CT molecular complexity index is 451. The summed E-state index contributed by atoms with van der Waals surface area (Å²) in [6.45, 7) is 2.31. The van der Waals surface area contributed by atoms with Gasteiger partial charge in [-0.2, -0.15) is 0 Å². The number of hydrogen-bond donors (Lipinski definition) is 3. The van der Waals surface area contributed by atoms with Crippen molar-refractivity contribution in [1.82, 2.24) is 25.4 Å². The van der Waals surface area contributed by atoms with Crippen LogP contribution in [0.5, 0.6) is 0 Å². The minimum atomic E-state index is -0.977. The first kappa shape index (κ1) is 14.0. The molecule has 1 heterocycles. The molecule has 0 bridgehead atoms. The molecule has 0 saturated heterocycles. The van der Waals surface area contributed by atoms with Gasteiger partial charge >= 0.3 is 0 Å². The largest absolute Gasteiger partial charge is 0.387 e. The summed E-state index contributed by atoms with van der Waals surface area (Å²) in [5.74, 6) is 1.00. The minimum absolute atomic E-state index is 0.141.